The van der Waals surface area contributed by atoms with Crippen LogP contribution in [0.4, 0.5) is 10.1 Å². The number of rotatable bonds is 8. The van der Waals surface area contributed by atoms with Crippen molar-refractivity contribution in [2.75, 3.05) is 46.9 Å². The van der Waals surface area contributed by atoms with Crippen molar-refractivity contribution < 1.29 is 28.1 Å². The Morgan fingerprint density at radius 1 is 0.889 bits per heavy atom. The molecule has 0 bridgehead atoms. The predicted molar refractivity (Wildman–Crippen MR) is 140 cm³/mol. The van der Waals surface area contributed by atoms with Crippen molar-refractivity contribution in [3.8, 4) is 28.7 Å². The van der Waals surface area contributed by atoms with Crippen LogP contribution in [0.25, 0.3) is 0 Å². The highest BCUT2D eigenvalue weighted by Gasteiger charge is 2.32. The standard InChI is InChI=1S/C27H29FN2O5S/c1-31-20-9-10-24(32-2)22(14-20)29-27(36)30-12-11-17-13-25(33-3)26(34-4)15-21(17)23(30)16-35-19-7-5-18(28)6-8-19/h5-10,13-15,23H,11-12,16H2,1-4H3,(H,29,36)/t23-/m0/s1. The van der Waals surface area contributed by atoms with Gasteiger partial charge >= 0.3 is 0 Å². The summed E-state index contributed by atoms with van der Waals surface area (Å²) in [7, 11) is 6.44. The van der Waals surface area contributed by atoms with Crippen LogP contribution < -0.4 is 29.0 Å². The van der Waals surface area contributed by atoms with Crippen molar-refractivity contribution in [2.24, 2.45) is 0 Å². The Kier molecular flexibility index (Phi) is 8.00. The first-order chi connectivity index (χ1) is 17.5. The molecule has 1 aliphatic heterocycles. The van der Waals surface area contributed by atoms with Gasteiger partial charge in [0.05, 0.1) is 40.2 Å². The number of ether oxygens (including phenoxy) is 5. The average molecular weight is 513 g/mol. The van der Waals surface area contributed by atoms with Crippen molar-refractivity contribution in [3.63, 3.8) is 0 Å². The van der Waals surface area contributed by atoms with Crippen LogP contribution in [0.2, 0.25) is 0 Å². The summed E-state index contributed by atoms with van der Waals surface area (Å²) in [5.74, 6) is 2.86. The molecule has 7 nitrogen and oxygen atoms in total. The zero-order valence-electron chi connectivity index (χ0n) is 20.7. The smallest absolute Gasteiger partial charge is 0.174 e. The summed E-state index contributed by atoms with van der Waals surface area (Å²) >= 11 is 5.86. The highest BCUT2D eigenvalue weighted by Crippen LogP contribution is 2.39. The minimum absolute atomic E-state index is 0.241. The summed E-state index contributed by atoms with van der Waals surface area (Å²) in [5.41, 5.74) is 2.83. The molecule has 0 radical (unpaired) electrons. The van der Waals surface area contributed by atoms with Crippen molar-refractivity contribution >= 4 is 23.0 Å². The van der Waals surface area contributed by atoms with E-state index in [1.807, 2.05) is 30.3 Å². The molecular weight excluding hydrogens is 483 g/mol. The molecule has 0 spiro atoms. The fourth-order valence-corrected chi connectivity index (χ4v) is 4.58. The summed E-state index contributed by atoms with van der Waals surface area (Å²) in [6, 6.07) is 15.2. The van der Waals surface area contributed by atoms with Crippen LogP contribution in [0.1, 0.15) is 17.2 Å². The lowest BCUT2D eigenvalue weighted by atomic mass is 9.92. The van der Waals surface area contributed by atoms with Crippen LogP contribution in [0, 0.1) is 5.82 Å². The molecule has 9 heteroatoms. The molecule has 1 heterocycles. The van der Waals surface area contributed by atoms with Crippen LogP contribution in [-0.2, 0) is 6.42 Å². The number of methoxy groups -OCH3 is 4. The van der Waals surface area contributed by atoms with Gasteiger partial charge in [0.1, 0.15) is 29.7 Å². The zero-order chi connectivity index (χ0) is 25.7. The van der Waals surface area contributed by atoms with Crippen molar-refractivity contribution in [1.29, 1.82) is 0 Å². The predicted octanol–water partition coefficient (Wildman–Crippen LogP) is 5.24. The Hall–Kier alpha value is -3.72. The van der Waals surface area contributed by atoms with Gasteiger partial charge in [-0.05, 0) is 78.3 Å². The Bertz CT molecular complexity index is 1220. The Balaban J connectivity index is 1.66. The van der Waals surface area contributed by atoms with E-state index in [0.29, 0.717) is 46.1 Å². The average Bonchev–Trinajstić information content (AvgIpc) is 2.91. The Morgan fingerprint density at radius 2 is 1.56 bits per heavy atom. The zero-order valence-corrected chi connectivity index (χ0v) is 21.5. The molecule has 1 aliphatic rings. The number of hydrogen-bond donors (Lipinski definition) is 1. The van der Waals surface area contributed by atoms with E-state index in [1.54, 1.807) is 40.6 Å². The van der Waals surface area contributed by atoms with Crippen LogP contribution in [-0.4, -0.2) is 51.6 Å². The monoisotopic (exact) mass is 512 g/mol. The topological polar surface area (TPSA) is 61.4 Å². The summed E-state index contributed by atoms with van der Waals surface area (Å²) in [4.78, 5) is 2.08. The molecule has 3 aromatic rings. The molecule has 1 atom stereocenters. The van der Waals surface area contributed by atoms with Gasteiger partial charge in [-0.15, -0.1) is 0 Å². The number of hydrogen-bond acceptors (Lipinski definition) is 6. The van der Waals surface area contributed by atoms with Crippen molar-refractivity contribution in [1.82, 2.24) is 4.90 Å². The number of nitrogens with one attached hydrogen (secondary N) is 1. The summed E-state index contributed by atoms with van der Waals surface area (Å²) < 4.78 is 41.4. The van der Waals surface area contributed by atoms with Gasteiger partial charge in [0.25, 0.3) is 0 Å². The first-order valence-electron chi connectivity index (χ1n) is 11.4. The fourth-order valence-electron chi connectivity index (χ4n) is 4.26. The molecule has 3 aromatic carbocycles. The first kappa shape index (κ1) is 25.4. The van der Waals surface area contributed by atoms with E-state index in [0.717, 1.165) is 17.5 Å². The molecule has 1 N–H and O–H groups in total. The van der Waals surface area contributed by atoms with Gasteiger partial charge in [-0.25, -0.2) is 4.39 Å². The minimum Gasteiger partial charge on any atom is -0.497 e. The SMILES string of the molecule is COc1ccc(OC)c(NC(=S)N2CCc3cc(OC)c(OC)cc3[C@@H]2COc2ccc(F)cc2)c1. The number of thiocarbonyl (C=S) groups is 1. The lowest BCUT2D eigenvalue weighted by molar-refractivity contribution is 0.190. The molecule has 4 rings (SSSR count). The molecule has 0 fully saturated rings. The third-order valence-corrected chi connectivity index (χ3v) is 6.47. The lowest BCUT2D eigenvalue weighted by Crippen LogP contribution is -2.44. The largest absolute Gasteiger partial charge is 0.497 e. The molecule has 0 amide bonds. The van der Waals surface area contributed by atoms with Crippen LogP contribution in [0.5, 0.6) is 28.7 Å². The molecule has 190 valence electrons. The van der Waals surface area contributed by atoms with E-state index in [4.69, 9.17) is 35.9 Å². The quantitative estimate of drug-likeness (QED) is 0.412. The number of benzene rings is 3. The summed E-state index contributed by atoms with van der Waals surface area (Å²) in [5, 5.41) is 3.82. The summed E-state index contributed by atoms with van der Waals surface area (Å²) in [6.07, 6.45) is 0.750. The van der Waals surface area contributed by atoms with E-state index < -0.39 is 0 Å². The van der Waals surface area contributed by atoms with Gasteiger partial charge < -0.3 is 33.9 Å². The number of anilines is 1. The highest BCUT2D eigenvalue weighted by atomic mass is 32.1. The third kappa shape index (κ3) is 5.41. The van der Waals surface area contributed by atoms with E-state index in [-0.39, 0.29) is 18.5 Å². The minimum atomic E-state index is -0.318. The highest BCUT2D eigenvalue weighted by molar-refractivity contribution is 7.80. The second-order valence-corrected chi connectivity index (χ2v) is 8.51. The van der Waals surface area contributed by atoms with Gasteiger partial charge in [-0.3, -0.25) is 0 Å². The maximum absolute atomic E-state index is 13.4. The number of halogens is 1. The molecule has 0 unspecified atom stereocenters. The Morgan fingerprint density at radius 3 is 2.22 bits per heavy atom. The second kappa shape index (κ2) is 11.3. The van der Waals surface area contributed by atoms with Gasteiger partial charge in [0.2, 0.25) is 0 Å². The summed E-state index contributed by atoms with van der Waals surface area (Å²) in [6.45, 7) is 0.934. The van der Waals surface area contributed by atoms with Crippen molar-refractivity contribution in [2.45, 2.75) is 12.5 Å². The number of nitrogens with zero attached hydrogens (tertiary/aromatic N) is 1. The van der Waals surface area contributed by atoms with Crippen LogP contribution in [0.15, 0.2) is 54.6 Å². The first-order valence-corrected chi connectivity index (χ1v) is 11.8. The van der Waals surface area contributed by atoms with E-state index in [2.05, 4.69) is 10.2 Å². The maximum atomic E-state index is 13.4. The fraction of sp³-hybridized carbons (Fsp3) is 0.296. The molecule has 0 aromatic heterocycles. The third-order valence-electron chi connectivity index (χ3n) is 6.13. The maximum Gasteiger partial charge on any atom is 0.174 e. The second-order valence-electron chi connectivity index (χ2n) is 8.13. The molecule has 36 heavy (non-hydrogen) atoms. The molecular formula is C27H29FN2O5S. The lowest BCUT2D eigenvalue weighted by Gasteiger charge is -2.39. The molecule has 0 saturated carbocycles. The van der Waals surface area contributed by atoms with E-state index in [9.17, 15) is 4.39 Å². The van der Waals surface area contributed by atoms with Crippen molar-refractivity contribution in [3.05, 3.63) is 71.5 Å². The normalized spacial score (nSPS) is 14.5. The molecule has 0 saturated heterocycles. The van der Waals surface area contributed by atoms with E-state index in [1.165, 1.54) is 12.1 Å². The Labute approximate surface area is 215 Å². The van der Waals surface area contributed by atoms with Gasteiger partial charge in [0, 0.05) is 12.6 Å². The number of fused-ring (bicyclic) bond motifs is 1. The molecule has 0 aliphatic carbocycles. The van der Waals surface area contributed by atoms with E-state index >= 15 is 0 Å². The van der Waals surface area contributed by atoms with Gasteiger partial charge in [-0.1, -0.05) is 0 Å². The van der Waals surface area contributed by atoms with Crippen LogP contribution in [0.3, 0.4) is 0 Å². The van der Waals surface area contributed by atoms with Crippen LogP contribution >= 0.6 is 12.2 Å². The van der Waals surface area contributed by atoms with Gasteiger partial charge in [-0.2, -0.15) is 0 Å². The van der Waals surface area contributed by atoms with Gasteiger partial charge in [0.15, 0.2) is 16.6 Å².